The Hall–Kier alpha value is -2.07. The van der Waals surface area contributed by atoms with Gasteiger partial charge in [0.05, 0.1) is 12.6 Å². The maximum absolute atomic E-state index is 12.4. The van der Waals surface area contributed by atoms with E-state index in [1.807, 2.05) is 19.1 Å². The molecular formula is C19H25N3O. The highest BCUT2D eigenvalue weighted by Crippen LogP contribution is 2.31. The van der Waals surface area contributed by atoms with Crippen LogP contribution in [0.4, 0.5) is 5.69 Å². The average molecular weight is 311 g/mol. The van der Waals surface area contributed by atoms with Crippen LogP contribution < -0.4 is 5.32 Å². The first-order chi connectivity index (χ1) is 11.0. The SMILES string of the molecule is Cc1ccc(NC(=O)CN2CCC[C@@H]2c2cccn2C)c(C)c1. The van der Waals surface area contributed by atoms with E-state index in [-0.39, 0.29) is 5.91 Å². The quantitative estimate of drug-likeness (QED) is 0.939. The Morgan fingerprint density at radius 1 is 1.30 bits per heavy atom. The normalized spacial score (nSPS) is 18.3. The molecular weight excluding hydrogens is 286 g/mol. The summed E-state index contributed by atoms with van der Waals surface area (Å²) in [5.74, 6) is 0.0677. The molecule has 1 aromatic heterocycles. The smallest absolute Gasteiger partial charge is 0.238 e. The fourth-order valence-electron chi connectivity index (χ4n) is 3.50. The van der Waals surface area contributed by atoms with Crippen LogP contribution in [0.15, 0.2) is 36.5 Å². The summed E-state index contributed by atoms with van der Waals surface area (Å²) in [5.41, 5.74) is 4.53. The van der Waals surface area contributed by atoms with E-state index >= 15 is 0 Å². The van der Waals surface area contributed by atoms with Gasteiger partial charge in [-0.1, -0.05) is 17.7 Å². The van der Waals surface area contributed by atoms with Crippen LogP contribution in [0.2, 0.25) is 0 Å². The van der Waals surface area contributed by atoms with Gasteiger partial charge in [0.15, 0.2) is 0 Å². The van der Waals surface area contributed by atoms with Crippen molar-refractivity contribution in [1.82, 2.24) is 9.47 Å². The summed E-state index contributed by atoms with van der Waals surface area (Å²) in [6, 6.07) is 10.7. The number of anilines is 1. The molecule has 2 aromatic rings. The van der Waals surface area contributed by atoms with Gasteiger partial charge in [0.25, 0.3) is 0 Å². The van der Waals surface area contributed by atoms with Crippen molar-refractivity contribution >= 4 is 11.6 Å². The van der Waals surface area contributed by atoms with E-state index in [1.54, 1.807) is 0 Å². The molecule has 1 aliphatic rings. The molecule has 4 nitrogen and oxygen atoms in total. The number of aryl methyl sites for hydroxylation is 3. The number of rotatable bonds is 4. The number of nitrogens with zero attached hydrogens (tertiary/aromatic N) is 2. The van der Waals surface area contributed by atoms with Crippen LogP contribution in [0, 0.1) is 13.8 Å². The summed E-state index contributed by atoms with van der Waals surface area (Å²) in [4.78, 5) is 14.7. The van der Waals surface area contributed by atoms with Crippen LogP contribution in [0.1, 0.15) is 35.7 Å². The molecule has 0 unspecified atom stereocenters. The van der Waals surface area contributed by atoms with Gasteiger partial charge in [-0.15, -0.1) is 0 Å². The second-order valence-corrected chi connectivity index (χ2v) is 6.54. The first-order valence-electron chi connectivity index (χ1n) is 8.27. The maximum Gasteiger partial charge on any atom is 0.238 e. The average Bonchev–Trinajstić information content (AvgIpc) is 3.10. The summed E-state index contributed by atoms with van der Waals surface area (Å²) in [5, 5.41) is 3.06. The van der Waals surface area contributed by atoms with Gasteiger partial charge in [-0.2, -0.15) is 0 Å². The minimum absolute atomic E-state index is 0.0677. The van der Waals surface area contributed by atoms with Gasteiger partial charge >= 0.3 is 0 Å². The Bertz CT molecular complexity index is 704. The molecule has 1 saturated heterocycles. The molecule has 2 heterocycles. The number of nitrogens with one attached hydrogen (secondary N) is 1. The summed E-state index contributed by atoms with van der Waals surface area (Å²) < 4.78 is 2.16. The van der Waals surface area contributed by atoms with E-state index in [1.165, 1.54) is 11.3 Å². The Balaban J connectivity index is 1.66. The molecule has 4 heteroatoms. The Morgan fingerprint density at radius 3 is 2.83 bits per heavy atom. The zero-order chi connectivity index (χ0) is 16.4. The minimum atomic E-state index is 0.0677. The fraction of sp³-hybridized carbons (Fsp3) is 0.421. The molecule has 1 amide bonds. The van der Waals surface area contributed by atoms with Gasteiger partial charge in [0.2, 0.25) is 5.91 Å². The van der Waals surface area contributed by atoms with Crippen LogP contribution in [-0.2, 0) is 11.8 Å². The number of benzene rings is 1. The van der Waals surface area contributed by atoms with Crippen molar-refractivity contribution in [2.75, 3.05) is 18.4 Å². The second-order valence-electron chi connectivity index (χ2n) is 6.54. The number of carbonyl (C=O) groups excluding carboxylic acids is 1. The Kier molecular flexibility index (Phi) is 4.53. The highest BCUT2D eigenvalue weighted by molar-refractivity contribution is 5.93. The van der Waals surface area contributed by atoms with Gasteiger partial charge in [0, 0.05) is 24.6 Å². The van der Waals surface area contributed by atoms with Crippen molar-refractivity contribution in [1.29, 1.82) is 0 Å². The van der Waals surface area contributed by atoms with Crippen LogP contribution >= 0.6 is 0 Å². The monoisotopic (exact) mass is 311 g/mol. The van der Waals surface area contributed by atoms with Crippen LogP contribution in [0.3, 0.4) is 0 Å². The second kappa shape index (κ2) is 6.59. The number of hydrogen-bond donors (Lipinski definition) is 1. The van der Waals surface area contributed by atoms with E-state index < -0.39 is 0 Å². The van der Waals surface area contributed by atoms with Gasteiger partial charge in [-0.3, -0.25) is 9.69 Å². The van der Waals surface area contributed by atoms with Gasteiger partial charge in [-0.05, 0) is 57.0 Å². The molecule has 0 saturated carbocycles. The zero-order valence-corrected chi connectivity index (χ0v) is 14.2. The molecule has 1 atom stereocenters. The van der Waals surface area contributed by atoms with Crippen LogP contribution in [-0.4, -0.2) is 28.5 Å². The van der Waals surface area contributed by atoms with Crippen molar-refractivity contribution < 1.29 is 4.79 Å². The lowest BCUT2D eigenvalue weighted by molar-refractivity contribution is -0.117. The molecule has 0 spiro atoms. The van der Waals surface area contributed by atoms with Crippen molar-refractivity contribution in [3.8, 4) is 0 Å². The lowest BCUT2D eigenvalue weighted by Gasteiger charge is -2.24. The number of aromatic nitrogens is 1. The van der Waals surface area contributed by atoms with Crippen molar-refractivity contribution in [3.63, 3.8) is 0 Å². The van der Waals surface area contributed by atoms with Crippen molar-refractivity contribution in [2.24, 2.45) is 7.05 Å². The van der Waals surface area contributed by atoms with Crippen LogP contribution in [0.5, 0.6) is 0 Å². The maximum atomic E-state index is 12.4. The molecule has 3 rings (SSSR count). The van der Waals surface area contributed by atoms with Crippen molar-refractivity contribution in [3.05, 3.63) is 53.3 Å². The molecule has 23 heavy (non-hydrogen) atoms. The fourth-order valence-corrected chi connectivity index (χ4v) is 3.50. The lowest BCUT2D eigenvalue weighted by atomic mass is 10.1. The number of likely N-dealkylation sites (tertiary alicyclic amines) is 1. The zero-order valence-electron chi connectivity index (χ0n) is 14.2. The van der Waals surface area contributed by atoms with E-state index in [4.69, 9.17) is 0 Å². The highest BCUT2D eigenvalue weighted by Gasteiger charge is 2.28. The van der Waals surface area contributed by atoms with E-state index in [2.05, 4.69) is 53.2 Å². The Morgan fingerprint density at radius 2 is 2.13 bits per heavy atom. The summed E-state index contributed by atoms with van der Waals surface area (Å²) in [6.07, 6.45) is 4.34. The third kappa shape index (κ3) is 3.48. The topological polar surface area (TPSA) is 37.3 Å². The number of carbonyl (C=O) groups is 1. The Labute approximate surface area is 138 Å². The first kappa shape index (κ1) is 15.8. The largest absolute Gasteiger partial charge is 0.353 e. The van der Waals surface area contributed by atoms with Gasteiger partial charge in [-0.25, -0.2) is 0 Å². The van der Waals surface area contributed by atoms with E-state index in [0.29, 0.717) is 12.6 Å². The molecule has 0 aliphatic carbocycles. The standard InChI is InChI=1S/C19H25N3O/c1-14-8-9-16(15(2)12-14)20-19(23)13-22-11-5-7-18(22)17-6-4-10-21(17)3/h4,6,8-10,12,18H,5,7,11,13H2,1-3H3,(H,20,23)/t18-/m1/s1. The van der Waals surface area contributed by atoms with Crippen molar-refractivity contribution in [2.45, 2.75) is 32.7 Å². The first-order valence-corrected chi connectivity index (χ1v) is 8.27. The third-order valence-electron chi connectivity index (χ3n) is 4.69. The van der Waals surface area contributed by atoms with E-state index in [9.17, 15) is 4.79 Å². The molecule has 0 bridgehead atoms. The van der Waals surface area contributed by atoms with Crippen LogP contribution in [0.25, 0.3) is 0 Å². The molecule has 122 valence electrons. The van der Waals surface area contributed by atoms with Gasteiger partial charge in [0.1, 0.15) is 0 Å². The third-order valence-corrected chi connectivity index (χ3v) is 4.69. The summed E-state index contributed by atoms with van der Waals surface area (Å²) in [7, 11) is 2.07. The van der Waals surface area contributed by atoms with Gasteiger partial charge < -0.3 is 9.88 Å². The molecule has 1 aliphatic heterocycles. The molecule has 0 radical (unpaired) electrons. The predicted molar refractivity (Wildman–Crippen MR) is 93.5 cm³/mol. The molecule has 1 N–H and O–H groups in total. The number of amides is 1. The summed E-state index contributed by atoms with van der Waals surface area (Å²) in [6.45, 7) is 5.53. The van der Waals surface area contributed by atoms with E-state index in [0.717, 1.165) is 30.6 Å². The predicted octanol–water partition coefficient (Wildman–Crippen LogP) is 3.42. The number of hydrogen-bond acceptors (Lipinski definition) is 2. The molecule has 1 aromatic carbocycles. The summed E-state index contributed by atoms with van der Waals surface area (Å²) >= 11 is 0. The highest BCUT2D eigenvalue weighted by atomic mass is 16.2. The lowest BCUT2D eigenvalue weighted by Crippen LogP contribution is -2.33. The minimum Gasteiger partial charge on any atom is -0.353 e. The molecule has 1 fully saturated rings.